The Balaban J connectivity index is 1.53. The predicted molar refractivity (Wildman–Crippen MR) is 78.7 cm³/mol. The van der Waals surface area contributed by atoms with Crippen LogP contribution in [0.5, 0.6) is 0 Å². The molecule has 0 bridgehead atoms. The minimum Gasteiger partial charge on any atom is -0.374 e. The van der Waals surface area contributed by atoms with Gasteiger partial charge in [0.15, 0.2) is 0 Å². The van der Waals surface area contributed by atoms with E-state index in [9.17, 15) is 0 Å². The summed E-state index contributed by atoms with van der Waals surface area (Å²) < 4.78 is 7.90. The minimum atomic E-state index is 0.265. The van der Waals surface area contributed by atoms with Gasteiger partial charge in [0, 0.05) is 32.4 Å². The third-order valence-electron chi connectivity index (χ3n) is 4.44. The molecule has 0 amide bonds. The van der Waals surface area contributed by atoms with Crippen molar-refractivity contribution in [2.45, 2.75) is 32.9 Å². The summed E-state index contributed by atoms with van der Waals surface area (Å²) in [5.41, 5.74) is 1.65. The highest BCUT2D eigenvalue weighted by Gasteiger charge is 2.32. The summed E-state index contributed by atoms with van der Waals surface area (Å²) >= 11 is 0. The Morgan fingerprint density at radius 1 is 1.55 bits per heavy atom. The average Bonchev–Trinajstić information content (AvgIpc) is 2.99. The highest BCUT2D eigenvalue weighted by molar-refractivity contribution is 4.99. The van der Waals surface area contributed by atoms with Gasteiger partial charge in [-0.05, 0) is 30.9 Å². The zero-order chi connectivity index (χ0) is 14.0. The third-order valence-corrected chi connectivity index (χ3v) is 4.44. The molecule has 2 aliphatic heterocycles. The molecule has 1 aromatic rings. The molecule has 0 aliphatic carbocycles. The molecule has 3 heterocycles. The van der Waals surface area contributed by atoms with Gasteiger partial charge in [0.2, 0.25) is 0 Å². The zero-order valence-electron chi connectivity index (χ0n) is 12.6. The first kappa shape index (κ1) is 14.0. The maximum absolute atomic E-state index is 5.90. The smallest absolute Gasteiger partial charge is 0.0898 e. The fourth-order valence-electron chi connectivity index (χ4n) is 3.35. The second-order valence-corrected chi connectivity index (χ2v) is 6.71. The van der Waals surface area contributed by atoms with E-state index in [2.05, 4.69) is 35.4 Å². The van der Waals surface area contributed by atoms with Crippen LogP contribution in [0.4, 0.5) is 0 Å². The van der Waals surface area contributed by atoms with Crippen LogP contribution in [0.2, 0.25) is 0 Å². The second kappa shape index (κ2) is 5.84. The summed E-state index contributed by atoms with van der Waals surface area (Å²) in [4.78, 5) is 2.57. The van der Waals surface area contributed by atoms with E-state index in [0.29, 0.717) is 5.41 Å². The fourth-order valence-corrected chi connectivity index (χ4v) is 3.35. The van der Waals surface area contributed by atoms with E-state index in [1.165, 1.54) is 18.5 Å². The number of rotatable bonds is 4. The summed E-state index contributed by atoms with van der Waals surface area (Å²) in [7, 11) is 0. The van der Waals surface area contributed by atoms with Crippen molar-refractivity contribution < 1.29 is 4.74 Å². The van der Waals surface area contributed by atoms with Crippen molar-refractivity contribution in [2.24, 2.45) is 5.41 Å². The third kappa shape index (κ3) is 3.40. The maximum Gasteiger partial charge on any atom is 0.0898 e. The van der Waals surface area contributed by atoms with Crippen LogP contribution in [0.3, 0.4) is 0 Å². The second-order valence-electron chi connectivity index (χ2n) is 6.71. The number of nitrogens with zero attached hydrogens (tertiary/aromatic N) is 3. The molecule has 20 heavy (non-hydrogen) atoms. The van der Waals surface area contributed by atoms with E-state index in [0.717, 1.165) is 39.3 Å². The van der Waals surface area contributed by atoms with Crippen molar-refractivity contribution in [1.82, 2.24) is 20.0 Å². The van der Waals surface area contributed by atoms with Crippen molar-refractivity contribution in [1.29, 1.82) is 0 Å². The maximum atomic E-state index is 5.90. The summed E-state index contributed by atoms with van der Waals surface area (Å²) in [6.45, 7) is 11.7. The van der Waals surface area contributed by atoms with Gasteiger partial charge in [0.1, 0.15) is 0 Å². The highest BCUT2D eigenvalue weighted by Crippen LogP contribution is 2.26. The summed E-state index contributed by atoms with van der Waals surface area (Å²) in [6, 6.07) is 0. The lowest BCUT2D eigenvalue weighted by atomic mass is 9.89. The van der Waals surface area contributed by atoms with Crippen LogP contribution in [-0.2, 0) is 11.3 Å². The van der Waals surface area contributed by atoms with Crippen molar-refractivity contribution >= 4 is 0 Å². The SMILES string of the molecule is Cc1cnn(CC2CN(CC3(C)CCNC3)CCO2)c1. The van der Waals surface area contributed by atoms with Gasteiger partial charge in [0.05, 0.1) is 25.5 Å². The highest BCUT2D eigenvalue weighted by atomic mass is 16.5. The Hall–Kier alpha value is -0.910. The molecule has 0 spiro atoms. The van der Waals surface area contributed by atoms with Crippen molar-refractivity contribution in [3.63, 3.8) is 0 Å². The Morgan fingerprint density at radius 3 is 3.15 bits per heavy atom. The van der Waals surface area contributed by atoms with Crippen molar-refractivity contribution in [3.8, 4) is 0 Å². The van der Waals surface area contributed by atoms with Crippen LogP contribution in [0.1, 0.15) is 18.9 Å². The Labute approximate surface area is 121 Å². The molecule has 1 N–H and O–H groups in total. The molecule has 2 saturated heterocycles. The van der Waals surface area contributed by atoms with Gasteiger partial charge in [-0.2, -0.15) is 5.10 Å². The van der Waals surface area contributed by atoms with Crippen LogP contribution in [0.25, 0.3) is 0 Å². The molecule has 2 fully saturated rings. The molecular formula is C15H26N4O. The van der Waals surface area contributed by atoms with Crippen LogP contribution >= 0.6 is 0 Å². The molecule has 0 saturated carbocycles. The Morgan fingerprint density at radius 2 is 2.45 bits per heavy atom. The first-order valence-electron chi connectivity index (χ1n) is 7.67. The molecule has 2 atom stereocenters. The van der Waals surface area contributed by atoms with Gasteiger partial charge >= 0.3 is 0 Å². The lowest BCUT2D eigenvalue weighted by Gasteiger charge is -2.37. The lowest BCUT2D eigenvalue weighted by molar-refractivity contribution is -0.0466. The molecule has 5 heteroatoms. The van der Waals surface area contributed by atoms with Gasteiger partial charge < -0.3 is 10.1 Å². The number of ether oxygens (including phenoxy) is 1. The fraction of sp³-hybridized carbons (Fsp3) is 0.800. The van der Waals surface area contributed by atoms with Gasteiger partial charge in [-0.3, -0.25) is 9.58 Å². The number of hydrogen-bond donors (Lipinski definition) is 1. The van der Waals surface area contributed by atoms with E-state index in [4.69, 9.17) is 4.74 Å². The molecule has 1 aromatic heterocycles. The molecule has 2 aliphatic rings. The van der Waals surface area contributed by atoms with Gasteiger partial charge in [-0.1, -0.05) is 6.92 Å². The minimum absolute atomic E-state index is 0.265. The number of morpholine rings is 1. The normalized spacial score (nSPS) is 31.8. The molecule has 2 unspecified atom stereocenters. The largest absolute Gasteiger partial charge is 0.374 e. The molecule has 112 valence electrons. The van der Waals surface area contributed by atoms with Gasteiger partial charge in [-0.25, -0.2) is 0 Å². The van der Waals surface area contributed by atoms with Crippen molar-refractivity contribution in [3.05, 3.63) is 18.0 Å². The van der Waals surface area contributed by atoms with Crippen molar-refractivity contribution in [2.75, 3.05) is 39.3 Å². The van der Waals surface area contributed by atoms with E-state index < -0.39 is 0 Å². The molecule has 3 rings (SSSR count). The number of nitrogens with one attached hydrogen (secondary N) is 1. The first-order chi connectivity index (χ1) is 9.63. The van der Waals surface area contributed by atoms with Crippen LogP contribution in [0, 0.1) is 12.3 Å². The van der Waals surface area contributed by atoms with Crippen LogP contribution in [-0.4, -0.2) is 60.1 Å². The Bertz CT molecular complexity index is 439. The monoisotopic (exact) mass is 278 g/mol. The first-order valence-corrected chi connectivity index (χ1v) is 7.67. The molecule has 5 nitrogen and oxygen atoms in total. The van der Waals surface area contributed by atoms with E-state index in [1.54, 1.807) is 0 Å². The summed E-state index contributed by atoms with van der Waals surface area (Å²) in [5, 5.41) is 7.84. The quantitative estimate of drug-likeness (QED) is 0.888. The lowest BCUT2D eigenvalue weighted by Crippen LogP contribution is -2.48. The van der Waals surface area contributed by atoms with Gasteiger partial charge in [0.25, 0.3) is 0 Å². The number of aromatic nitrogens is 2. The Kier molecular flexibility index (Phi) is 4.10. The number of hydrogen-bond acceptors (Lipinski definition) is 4. The topological polar surface area (TPSA) is 42.3 Å². The molecule has 0 aromatic carbocycles. The van der Waals surface area contributed by atoms with E-state index in [1.807, 2.05) is 10.9 Å². The van der Waals surface area contributed by atoms with E-state index in [-0.39, 0.29) is 6.10 Å². The molecular weight excluding hydrogens is 252 g/mol. The predicted octanol–water partition coefficient (Wildman–Crippen LogP) is 0.892. The summed E-state index contributed by atoms with van der Waals surface area (Å²) in [5.74, 6) is 0. The standard InChI is InChI=1S/C15H26N4O/c1-13-7-17-19(8-13)10-14-9-18(5-6-20-14)12-15(2)3-4-16-11-15/h7-8,14,16H,3-6,9-12H2,1-2H3. The molecule has 0 radical (unpaired) electrons. The van der Waals surface area contributed by atoms with E-state index >= 15 is 0 Å². The number of aryl methyl sites for hydroxylation is 1. The van der Waals surface area contributed by atoms with Gasteiger partial charge in [-0.15, -0.1) is 0 Å². The van der Waals surface area contributed by atoms with Crippen LogP contribution < -0.4 is 5.32 Å². The zero-order valence-corrected chi connectivity index (χ0v) is 12.6. The summed E-state index contributed by atoms with van der Waals surface area (Å²) in [6.07, 6.45) is 5.55. The average molecular weight is 278 g/mol. The van der Waals surface area contributed by atoms with Crippen LogP contribution in [0.15, 0.2) is 12.4 Å².